The first-order chi connectivity index (χ1) is 15.5. The fourth-order valence-electron chi connectivity index (χ4n) is 4.26. The van der Waals surface area contributed by atoms with E-state index in [9.17, 15) is 22.4 Å². The summed E-state index contributed by atoms with van der Waals surface area (Å²) < 4.78 is 47.0. The quantitative estimate of drug-likeness (QED) is 0.574. The van der Waals surface area contributed by atoms with Crippen molar-refractivity contribution in [3.05, 3.63) is 64.5 Å². The van der Waals surface area contributed by atoms with E-state index in [2.05, 4.69) is 0 Å². The van der Waals surface area contributed by atoms with E-state index in [0.717, 1.165) is 5.56 Å². The van der Waals surface area contributed by atoms with E-state index in [1.54, 1.807) is 44.2 Å². The van der Waals surface area contributed by atoms with E-state index in [0.29, 0.717) is 29.5 Å². The number of halogens is 1. The lowest BCUT2D eigenvalue weighted by molar-refractivity contribution is -0.154. The number of esters is 1. The highest BCUT2D eigenvalue weighted by atomic mass is 32.2. The van der Waals surface area contributed by atoms with Crippen LogP contribution in [0.15, 0.2) is 41.3 Å². The number of hydrogen-bond acceptors (Lipinski definition) is 5. The normalized spacial score (nSPS) is 16.6. The maximum atomic E-state index is 13.8. The van der Waals surface area contributed by atoms with Crippen LogP contribution in [-0.4, -0.2) is 55.7 Å². The van der Waals surface area contributed by atoms with Crippen LogP contribution < -0.4 is 0 Å². The summed E-state index contributed by atoms with van der Waals surface area (Å²) in [7, 11) is -2.43. The van der Waals surface area contributed by atoms with Crippen LogP contribution in [0.4, 0.5) is 4.39 Å². The first-order valence-corrected chi connectivity index (χ1v) is 12.2. The molecule has 0 aromatic heterocycles. The maximum absolute atomic E-state index is 13.8. The number of aryl methyl sites for hydroxylation is 3. The largest absolute Gasteiger partial charge is 0.454 e. The van der Waals surface area contributed by atoms with Gasteiger partial charge in [-0.1, -0.05) is 35.9 Å². The lowest BCUT2D eigenvalue weighted by atomic mass is 10.1. The monoisotopic (exact) mass is 476 g/mol. The predicted octanol–water partition coefficient (Wildman–Crippen LogP) is 3.11. The van der Waals surface area contributed by atoms with Crippen LogP contribution in [0.5, 0.6) is 0 Å². The number of carbonyl (C=O) groups excluding carboxylic acids is 2. The number of amides is 1. The van der Waals surface area contributed by atoms with Crippen LogP contribution in [0, 0.1) is 26.6 Å². The third-order valence-electron chi connectivity index (χ3n) is 5.78. The number of likely N-dealkylation sites (N-methyl/N-ethyl adjacent to an activating group) is 1. The van der Waals surface area contributed by atoms with E-state index in [4.69, 9.17) is 4.74 Å². The predicted molar refractivity (Wildman–Crippen MR) is 121 cm³/mol. The molecule has 1 atom stereocenters. The second-order valence-corrected chi connectivity index (χ2v) is 10.3. The van der Waals surface area contributed by atoms with Crippen LogP contribution in [-0.2, 0) is 30.9 Å². The molecule has 2 aromatic carbocycles. The van der Waals surface area contributed by atoms with Crippen molar-refractivity contribution in [2.75, 3.05) is 20.2 Å². The highest BCUT2D eigenvalue weighted by Crippen LogP contribution is 2.31. The fourth-order valence-corrected chi connectivity index (χ4v) is 6.33. The molecule has 1 aliphatic rings. The van der Waals surface area contributed by atoms with Crippen molar-refractivity contribution in [1.82, 2.24) is 9.21 Å². The summed E-state index contributed by atoms with van der Waals surface area (Å²) in [5.74, 6) is -1.70. The SMILES string of the molecule is Cc1cc(C)c(S(=O)(=O)N2CCCC2C(=O)OCC(=O)N(C)Cc2ccccc2F)c(C)c1. The first kappa shape index (κ1) is 24.9. The molecule has 0 aliphatic carbocycles. The number of carbonyl (C=O) groups is 2. The number of ether oxygens (including phenoxy) is 1. The average molecular weight is 477 g/mol. The molecule has 0 bridgehead atoms. The fraction of sp³-hybridized carbons (Fsp3) is 0.417. The topological polar surface area (TPSA) is 84.0 Å². The Morgan fingerprint density at radius 3 is 2.42 bits per heavy atom. The van der Waals surface area contributed by atoms with Gasteiger partial charge in [-0.2, -0.15) is 4.31 Å². The summed E-state index contributed by atoms with van der Waals surface area (Å²) >= 11 is 0. The van der Waals surface area contributed by atoms with Crippen molar-refractivity contribution in [3.63, 3.8) is 0 Å². The first-order valence-electron chi connectivity index (χ1n) is 10.8. The van der Waals surface area contributed by atoms with Crippen molar-refractivity contribution >= 4 is 21.9 Å². The van der Waals surface area contributed by atoms with Gasteiger partial charge in [0.2, 0.25) is 10.0 Å². The molecule has 9 heteroatoms. The Morgan fingerprint density at radius 2 is 1.79 bits per heavy atom. The molecule has 1 aliphatic heterocycles. The molecule has 7 nitrogen and oxygen atoms in total. The Bertz CT molecular complexity index is 1140. The number of hydrogen-bond donors (Lipinski definition) is 0. The van der Waals surface area contributed by atoms with Crippen LogP contribution in [0.1, 0.15) is 35.1 Å². The summed E-state index contributed by atoms with van der Waals surface area (Å²) in [6.07, 6.45) is 0.839. The molecule has 178 valence electrons. The Morgan fingerprint density at radius 1 is 1.15 bits per heavy atom. The van der Waals surface area contributed by atoms with Gasteiger partial charge in [0, 0.05) is 25.7 Å². The molecule has 33 heavy (non-hydrogen) atoms. The lowest BCUT2D eigenvalue weighted by Crippen LogP contribution is -2.43. The van der Waals surface area contributed by atoms with Crippen molar-refractivity contribution in [3.8, 4) is 0 Å². The summed E-state index contributed by atoms with van der Waals surface area (Å²) in [5.41, 5.74) is 2.55. The van der Waals surface area contributed by atoms with Crippen LogP contribution in [0.2, 0.25) is 0 Å². The zero-order valence-corrected chi connectivity index (χ0v) is 20.1. The van der Waals surface area contributed by atoms with E-state index < -0.39 is 40.4 Å². The molecule has 1 unspecified atom stereocenters. The van der Waals surface area contributed by atoms with Gasteiger partial charge < -0.3 is 9.64 Å². The number of benzene rings is 2. The van der Waals surface area contributed by atoms with E-state index in [1.165, 1.54) is 22.3 Å². The standard InChI is InChI=1S/C24H29FN2O5S/c1-16-12-17(2)23(18(3)13-16)33(30,31)27-11-7-10-21(27)24(29)32-15-22(28)26(4)14-19-8-5-6-9-20(19)25/h5-6,8-9,12-13,21H,7,10-11,14-15H2,1-4H3. The van der Waals surface area contributed by atoms with E-state index >= 15 is 0 Å². The summed E-state index contributed by atoms with van der Waals surface area (Å²) in [6.45, 7) is 5.05. The molecule has 2 aromatic rings. The van der Waals surface area contributed by atoms with Crippen molar-refractivity contribution in [1.29, 1.82) is 0 Å². The van der Waals surface area contributed by atoms with Gasteiger partial charge in [0.05, 0.1) is 4.90 Å². The number of rotatable bonds is 7. The smallest absolute Gasteiger partial charge is 0.324 e. The minimum Gasteiger partial charge on any atom is -0.454 e. The van der Waals surface area contributed by atoms with Crippen molar-refractivity contribution in [2.45, 2.75) is 51.1 Å². The zero-order valence-electron chi connectivity index (χ0n) is 19.3. The zero-order chi connectivity index (χ0) is 24.3. The third kappa shape index (κ3) is 5.42. The molecule has 0 saturated carbocycles. The summed E-state index contributed by atoms with van der Waals surface area (Å²) in [4.78, 5) is 26.6. The Balaban J connectivity index is 1.67. The molecule has 0 radical (unpaired) electrons. The van der Waals surface area contributed by atoms with E-state index in [1.807, 2.05) is 6.92 Å². The molecule has 3 rings (SSSR count). The molecule has 1 heterocycles. The molecule has 0 spiro atoms. The minimum absolute atomic E-state index is 0.0268. The van der Waals surface area contributed by atoms with Crippen LogP contribution in [0.3, 0.4) is 0 Å². The molecular weight excluding hydrogens is 447 g/mol. The molecule has 1 saturated heterocycles. The van der Waals surface area contributed by atoms with Gasteiger partial charge in [-0.15, -0.1) is 0 Å². The number of sulfonamides is 1. The van der Waals surface area contributed by atoms with Crippen molar-refractivity contribution < 1.29 is 27.1 Å². The highest BCUT2D eigenvalue weighted by Gasteiger charge is 2.41. The minimum atomic E-state index is -3.92. The molecular formula is C24H29FN2O5S. The second kappa shape index (κ2) is 10.0. The highest BCUT2D eigenvalue weighted by molar-refractivity contribution is 7.89. The Kier molecular flexibility index (Phi) is 7.54. The Labute approximate surface area is 194 Å². The van der Waals surface area contributed by atoms with Crippen molar-refractivity contribution in [2.24, 2.45) is 0 Å². The van der Waals surface area contributed by atoms with Crippen LogP contribution >= 0.6 is 0 Å². The molecule has 1 amide bonds. The number of nitrogens with zero attached hydrogens (tertiary/aromatic N) is 2. The van der Waals surface area contributed by atoms with Crippen LogP contribution in [0.25, 0.3) is 0 Å². The van der Waals surface area contributed by atoms with Gasteiger partial charge in [0.1, 0.15) is 11.9 Å². The average Bonchev–Trinajstić information content (AvgIpc) is 3.23. The van der Waals surface area contributed by atoms with Gasteiger partial charge >= 0.3 is 5.97 Å². The van der Waals surface area contributed by atoms with E-state index in [-0.39, 0.29) is 18.0 Å². The second-order valence-electron chi connectivity index (χ2n) is 8.45. The summed E-state index contributed by atoms with van der Waals surface area (Å²) in [5, 5.41) is 0. The van der Waals surface area contributed by atoms with Gasteiger partial charge in [-0.25, -0.2) is 12.8 Å². The lowest BCUT2D eigenvalue weighted by Gasteiger charge is -2.25. The molecule has 0 N–H and O–H groups in total. The maximum Gasteiger partial charge on any atom is 0.324 e. The van der Waals surface area contributed by atoms with Gasteiger partial charge in [-0.3, -0.25) is 9.59 Å². The summed E-state index contributed by atoms with van der Waals surface area (Å²) in [6, 6.07) is 8.72. The van der Waals surface area contributed by atoms with Gasteiger partial charge in [0.25, 0.3) is 5.91 Å². The van der Waals surface area contributed by atoms with Gasteiger partial charge in [0.15, 0.2) is 6.61 Å². The Hall–Kier alpha value is -2.78. The molecule has 1 fully saturated rings. The third-order valence-corrected chi connectivity index (χ3v) is 7.99. The van der Waals surface area contributed by atoms with Gasteiger partial charge in [-0.05, 0) is 50.8 Å².